The van der Waals surface area contributed by atoms with E-state index >= 15 is 0 Å². The SMILES string of the molecule is c1ccc(Cc2nc3c4c(-c5ccccc5)c(-c5ccccc5)oc4ncn3n2)cc1. The van der Waals surface area contributed by atoms with Crippen LogP contribution in [-0.2, 0) is 6.42 Å². The summed E-state index contributed by atoms with van der Waals surface area (Å²) in [4.78, 5) is 9.44. The summed E-state index contributed by atoms with van der Waals surface area (Å²) in [5, 5.41) is 5.55. The van der Waals surface area contributed by atoms with E-state index in [4.69, 9.17) is 9.40 Å². The second kappa shape index (κ2) is 7.22. The second-order valence-corrected chi connectivity index (χ2v) is 7.42. The van der Waals surface area contributed by atoms with Crippen molar-refractivity contribution in [1.82, 2.24) is 19.6 Å². The van der Waals surface area contributed by atoms with Gasteiger partial charge >= 0.3 is 0 Å². The molecule has 0 bridgehead atoms. The fourth-order valence-electron chi connectivity index (χ4n) is 3.97. The molecule has 5 nitrogen and oxygen atoms in total. The van der Waals surface area contributed by atoms with E-state index < -0.39 is 0 Å². The van der Waals surface area contributed by atoms with E-state index in [0.29, 0.717) is 12.1 Å². The van der Waals surface area contributed by atoms with Crippen molar-refractivity contribution in [3.63, 3.8) is 0 Å². The van der Waals surface area contributed by atoms with Crippen LogP contribution in [0.25, 0.3) is 39.2 Å². The number of furan rings is 1. The average Bonchev–Trinajstić information content (AvgIpc) is 3.42. The molecule has 148 valence electrons. The van der Waals surface area contributed by atoms with Gasteiger partial charge in [-0.25, -0.2) is 14.5 Å². The van der Waals surface area contributed by atoms with Gasteiger partial charge in [-0.3, -0.25) is 0 Å². The minimum Gasteiger partial charge on any atom is -0.437 e. The lowest BCUT2D eigenvalue weighted by atomic mass is 9.99. The van der Waals surface area contributed by atoms with Crippen molar-refractivity contribution in [1.29, 1.82) is 0 Å². The Morgan fingerprint density at radius 3 is 2.10 bits per heavy atom. The number of rotatable bonds is 4. The molecule has 3 heterocycles. The predicted molar refractivity (Wildman–Crippen MR) is 121 cm³/mol. The standard InChI is InChI=1S/C26H18N4O/c1-4-10-18(11-5-1)16-21-28-25-23-22(19-12-6-2-7-13-19)24(20-14-8-3-9-15-20)31-26(23)27-17-30(25)29-21/h1-15,17H,16H2. The molecule has 0 fully saturated rings. The first kappa shape index (κ1) is 17.6. The van der Waals surface area contributed by atoms with Crippen LogP contribution in [0.1, 0.15) is 11.4 Å². The Kier molecular flexibility index (Phi) is 4.10. The van der Waals surface area contributed by atoms with Crippen molar-refractivity contribution < 1.29 is 4.42 Å². The maximum Gasteiger partial charge on any atom is 0.232 e. The Bertz CT molecular complexity index is 1490. The van der Waals surface area contributed by atoms with E-state index in [0.717, 1.165) is 39.3 Å². The molecule has 0 N–H and O–H groups in total. The van der Waals surface area contributed by atoms with E-state index in [2.05, 4.69) is 34.3 Å². The quantitative estimate of drug-likeness (QED) is 0.374. The molecule has 5 heteroatoms. The number of benzene rings is 3. The molecular weight excluding hydrogens is 384 g/mol. The summed E-state index contributed by atoms with van der Waals surface area (Å²) in [6.45, 7) is 0. The normalized spacial score (nSPS) is 11.4. The van der Waals surface area contributed by atoms with Gasteiger partial charge in [0.05, 0.1) is 5.39 Å². The zero-order valence-electron chi connectivity index (χ0n) is 16.6. The molecule has 3 aromatic heterocycles. The molecular formula is C26H18N4O. The molecule has 0 saturated carbocycles. The van der Waals surface area contributed by atoms with Crippen LogP contribution in [0.5, 0.6) is 0 Å². The van der Waals surface area contributed by atoms with Gasteiger partial charge in [-0.15, -0.1) is 5.10 Å². The topological polar surface area (TPSA) is 56.2 Å². The third-order valence-corrected chi connectivity index (χ3v) is 5.38. The maximum absolute atomic E-state index is 6.28. The minimum atomic E-state index is 0.559. The number of nitrogens with zero attached hydrogens (tertiary/aromatic N) is 4. The highest BCUT2D eigenvalue weighted by atomic mass is 16.3. The average molecular weight is 402 g/mol. The van der Waals surface area contributed by atoms with E-state index in [-0.39, 0.29) is 0 Å². The van der Waals surface area contributed by atoms with Crippen molar-refractivity contribution in [3.8, 4) is 22.5 Å². The van der Waals surface area contributed by atoms with Crippen LogP contribution in [0.15, 0.2) is 102 Å². The van der Waals surface area contributed by atoms with Gasteiger partial charge in [0.25, 0.3) is 0 Å². The van der Waals surface area contributed by atoms with Crippen LogP contribution < -0.4 is 0 Å². The summed E-state index contributed by atoms with van der Waals surface area (Å²) in [5.41, 5.74) is 5.52. The highest BCUT2D eigenvalue weighted by Crippen LogP contribution is 2.41. The minimum absolute atomic E-state index is 0.559. The van der Waals surface area contributed by atoms with E-state index in [1.807, 2.05) is 66.7 Å². The molecule has 0 amide bonds. The summed E-state index contributed by atoms with van der Waals surface area (Å²) in [6.07, 6.45) is 2.33. The molecule has 0 saturated heterocycles. The maximum atomic E-state index is 6.28. The number of aromatic nitrogens is 4. The highest BCUT2D eigenvalue weighted by Gasteiger charge is 2.22. The van der Waals surface area contributed by atoms with Gasteiger partial charge < -0.3 is 4.42 Å². The summed E-state index contributed by atoms with van der Waals surface area (Å²) < 4.78 is 8.03. The summed E-state index contributed by atoms with van der Waals surface area (Å²) in [7, 11) is 0. The molecule has 0 unspecified atom stereocenters. The van der Waals surface area contributed by atoms with Crippen LogP contribution in [0.3, 0.4) is 0 Å². The van der Waals surface area contributed by atoms with Gasteiger partial charge in [0.15, 0.2) is 11.5 Å². The lowest BCUT2D eigenvalue weighted by Crippen LogP contribution is -1.92. The fraction of sp³-hybridized carbons (Fsp3) is 0.0385. The van der Waals surface area contributed by atoms with E-state index in [1.54, 1.807) is 10.8 Å². The van der Waals surface area contributed by atoms with Gasteiger partial charge in [0.2, 0.25) is 5.71 Å². The van der Waals surface area contributed by atoms with E-state index in [1.165, 1.54) is 5.56 Å². The van der Waals surface area contributed by atoms with Crippen molar-refractivity contribution in [2.24, 2.45) is 0 Å². The van der Waals surface area contributed by atoms with Gasteiger partial charge in [-0.05, 0) is 11.1 Å². The van der Waals surface area contributed by atoms with Crippen molar-refractivity contribution in [2.75, 3.05) is 0 Å². The molecule has 0 aliphatic rings. The number of fused-ring (bicyclic) bond motifs is 3. The fourth-order valence-corrected chi connectivity index (χ4v) is 3.97. The predicted octanol–water partition coefficient (Wildman–Crippen LogP) is 5.80. The van der Waals surface area contributed by atoms with Crippen LogP contribution in [0.4, 0.5) is 0 Å². The zero-order valence-corrected chi connectivity index (χ0v) is 16.6. The Morgan fingerprint density at radius 2 is 1.39 bits per heavy atom. The third kappa shape index (κ3) is 3.07. The molecule has 6 rings (SSSR count). The van der Waals surface area contributed by atoms with Crippen molar-refractivity contribution in [2.45, 2.75) is 6.42 Å². The summed E-state index contributed by atoms with van der Waals surface area (Å²) in [6, 6.07) is 30.6. The van der Waals surface area contributed by atoms with Crippen LogP contribution >= 0.6 is 0 Å². The number of hydrogen-bond donors (Lipinski definition) is 0. The van der Waals surface area contributed by atoms with Gasteiger partial charge in [0, 0.05) is 17.5 Å². The molecule has 0 aliphatic carbocycles. The van der Waals surface area contributed by atoms with E-state index in [9.17, 15) is 0 Å². The third-order valence-electron chi connectivity index (χ3n) is 5.38. The molecule has 0 atom stereocenters. The van der Waals surface area contributed by atoms with Crippen LogP contribution in [0, 0.1) is 0 Å². The zero-order chi connectivity index (χ0) is 20.6. The highest BCUT2D eigenvalue weighted by molar-refractivity contribution is 6.07. The van der Waals surface area contributed by atoms with Crippen LogP contribution in [-0.4, -0.2) is 19.6 Å². The molecule has 3 aromatic carbocycles. The first-order valence-corrected chi connectivity index (χ1v) is 10.2. The molecule has 0 radical (unpaired) electrons. The van der Waals surface area contributed by atoms with Gasteiger partial charge in [0.1, 0.15) is 12.1 Å². The van der Waals surface area contributed by atoms with Gasteiger partial charge in [-0.2, -0.15) is 0 Å². The lowest BCUT2D eigenvalue weighted by molar-refractivity contribution is 0.617. The molecule has 0 spiro atoms. The summed E-state index contributed by atoms with van der Waals surface area (Å²) >= 11 is 0. The van der Waals surface area contributed by atoms with Crippen molar-refractivity contribution in [3.05, 3.63) is 109 Å². The Morgan fingerprint density at radius 1 is 0.742 bits per heavy atom. The monoisotopic (exact) mass is 402 g/mol. The first-order chi connectivity index (χ1) is 15.4. The second-order valence-electron chi connectivity index (χ2n) is 7.42. The molecule has 31 heavy (non-hydrogen) atoms. The Hall–Kier alpha value is -4.25. The first-order valence-electron chi connectivity index (χ1n) is 10.2. The molecule has 6 aromatic rings. The van der Waals surface area contributed by atoms with Crippen molar-refractivity contribution >= 4 is 16.7 Å². The lowest BCUT2D eigenvalue weighted by Gasteiger charge is -2.03. The number of hydrogen-bond acceptors (Lipinski definition) is 4. The summed E-state index contributed by atoms with van der Waals surface area (Å²) in [5.74, 6) is 1.54. The van der Waals surface area contributed by atoms with Crippen LogP contribution in [0.2, 0.25) is 0 Å². The largest absolute Gasteiger partial charge is 0.437 e. The molecule has 0 aliphatic heterocycles. The smallest absolute Gasteiger partial charge is 0.232 e. The Labute approximate surface area is 178 Å². The Balaban J connectivity index is 1.61. The van der Waals surface area contributed by atoms with Gasteiger partial charge in [-0.1, -0.05) is 91.0 Å².